The zero-order valence-corrected chi connectivity index (χ0v) is 11.8. The Morgan fingerprint density at radius 1 is 1.18 bits per heavy atom. The largest absolute Gasteiger partial charge is 0.493 e. The molecule has 0 aromatic heterocycles. The SMILES string of the molecule is CCNCC(C)COc1c(C)ccc(C)c1C. The highest BCUT2D eigenvalue weighted by Gasteiger charge is 2.08. The van der Waals surface area contributed by atoms with Gasteiger partial charge < -0.3 is 10.1 Å². The van der Waals surface area contributed by atoms with Crippen molar-refractivity contribution in [1.29, 1.82) is 0 Å². The van der Waals surface area contributed by atoms with E-state index in [0.717, 1.165) is 25.4 Å². The van der Waals surface area contributed by atoms with Crippen LogP contribution in [0.2, 0.25) is 0 Å². The molecule has 0 spiro atoms. The minimum Gasteiger partial charge on any atom is -0.493 e. The summed E-state index contributed by atoms with van der Waals surface area (Å²) in [6.07, 6.45) is 0. The summed E-state index contributed by atoms with van der Waals surface area (Å²) >= 11 is 0. The van der Waals surface area contributed by atoms with Gasteiger partial charge >= 0.3 is 0 Å². The van der Waals surface area contributed by atoms with Crippen LogP contribution in [-0.4, -0.2) is 19.7 Å². The molecule has 0 aliphatic heterocycles. The van der Waals surface area contributed by atoms with E-state index in [2.05, 4.69) is 52.1 Å². The fourth-order valence-corrected chi connectivity index (χ4v) is 1.82. The molecule has 1 atom stereocenters. The molecule has 0 radical (unpaired) electrons. The van der Waals surface area contributed by atoms with E-state index in [-0.39, 0.29) is 0 Å². The molecule has 96 valence electrons. The topological polar surface area (TPSA) is 21.3 Å². The second kappa shape index (κ2) is 6.65. The van der Waals surface area contributed by atoms with Crippen LogP contribution in [-0.2, 0) is 0 Å². The molecule has 0 bridgehead atoms. The molecule has 0 aliphatic rings. The van der Waals surface area contributed by atoms with Crippen molar-refractivity contribution in [3.05, 3.63) is 28.8 Å². The monoisotopic (exact) mass is 235 g/mol. The van der Waals surface area contributed by atoms with Gasteiger partial charge in [-0.15, -0.1) is 0 Å². The number of nitrogens with one attached hydrogen (secondary N) is 1. The van der Waals surface area contributed by atoms with Crippen LogP contribution in [0.15, 0.2) is 12.1 Å². The molecule has 1 N–H and O–H groups in total. The number of rotatable bonds is 6. The molecular weight excluding hydrogens is 210 g/mol. The molecule has 1 unspecified atom stereocenters. The van der Waals surface area contributed by atoms with Crippen LogP contribution in [0.1, 0.15) is 30.5 Å². The Hall–Kier alpha value is -1.02. The molecule has 0 aliphatic carbocycles. The molecule has 17 heavy (non-hydrogen) atoms. The molecule has 0 saturated heterocycles. The summed E-state index contributed by atoms with van der Waals surface area (Å²) in [7, 11) is 0. The molecule has 0 heterocycles. The molecule has 0 amide bonds. The first-order valence-electron chi connectivity index (χ1n) is 6.46. The molecule has 1 rings (SSSR count). The van der Waals surface area contributed by atoms with Crippen molar-refractivity contribution in [3.63, 3.8) is 0 Å². The summed E-state index contributed by atoms with van der Waals surface area (Å²) in [4.78, 5) is 0. The van der Waals surface area contributed by atoms with Crippen LogP contribution >= 0.6 is 0 Å². The lowest BCUT2D eigenvalue weighted by Crippen LogP contribution is -2.25. The zero-order valence-electron chi connectivity index (χ0n) is 11.8. The summed E-state index contributed by atoms with van der Waals surface area (Å²) in [5.74, 6) is 1.60. The summed E-state index contributed by atoms with van der Waals surface area (Å²) < 4.78 is 5.97. The highest BCUT2D eigenvalue weighted by molar-refractivity contribution is 5.44. The van der Waals surface area contributed by atoms with Gasteiger partial charge in [-0.2, -0.15) is 0 Å². The van der Waals surface area contributed by atoms with Crippen molar-refractivity contribution >= 4 is 0 Å². The first kappa shape index (κ1) is 14.0. The second-order valence-corrected chi connectivity index (χ2v) is 4.88. The summed E-state index contributed by atoms with van der Waals surface area (Å²) in [6.45, 7) is 13.5. The third-order valence-corrected chi connectivity index (χ3v) is 3.13. The summed E-state index contributed by atoms with van der Waals surface area (Å²) in [5.41, 5.74) is 3.79. The van der Waals surface area contributed by atoms with E-state index in [1.165, 1.54) is 16.7 Å². The fourth-order valence-electron chi connectivity index (χ4n) is 1.82. The van der Waals surface area contributed by atoms with Gasteiger partial charge in [-0.1, -0.05) is 26.0 Å². The van der Waals surface area contributed by atoms with Crippen LogP contribution in [0.3, 0.4) is 0 Å². The van der Waals surface area contributed by atoms with Gasteiger partial charge in [0.2, 0.25) is 0 Å². The first-order chi connectivity index (χ1) is 8.06. The van der Waals surface area contributed by atoms with Crippen molar-refractivity contribution in [2.45, 2.75) is 34.6 Å². The van der Waals surface area contributed by atoms with Crippen molar-refractivity contribution in [2.24, 2.45) is 5.92 Å². The molecule has 2 heteroatoms. The van der Waals surface area contributed by atoms with Crippen LogP contribution in [0.5, 0.6) is 5.75 Å². The standard InChI is InChI=1S/C15H25NO/c1-6-16-9-11(2)10-17-15-13(4)8-7-12(3)14(15)5/h7-8,11,16H,6,9-10H2,1-5H3. The lowest BCUT2D eigenvalue weighted by Gasteiger charge is -2.17. The van der Waals surface area contributed by atoms with Gasteiger partial charge in [0.05, 0.1) is 6.61 Å². The molecule has 2 nitrogen and oxygen atoms in total. The average molecular weight is 235 g/mol. The van der Waals surface area contributed by atoms with Gasteiger partial charge in [0.15, 0.2) is 0 Å². The number of benzene rings is 1. The van der Waals surface area contributed by atoms with Gasteiger partial charge in [0.1, 0.15) is 5.75 Å². The predicted molar refractivity (Wildman–Crippen MR) is 73.9 cm³/mol. The molecule has 0 fully saturated rings. The van der Waals surface area contributed by atoms with Crippen molar-refractivity contribution in [1.82, 2.24) is 5.32 Å². The number of ether oxygens (including phenoxy) is 1. The highest BCUT2D eigenvalue weighted by atomic mass is 16.5. The van der Waals surface area contributed by atoms with Crippen LogP contribution in [0, 0.1) is 26.7 Å². The van der Waals surface area contributed by atoms with E-state index in [1.807, 2.05) is 0 Å². The number of aryl methyl sites for hydroxylation is 2. The molecule has 1 aromatic rings. The second-order valence-electron chi connectivity index (χ2n) is 4.88. The summed E-state index contributed by atoms with van der Waals surface area (Å²) in [6, 6.07) is 4.28. The van der Waals surface area contributed by atoms with Gasteiger partial charge in [0.25, 0.3) is 0 Å². The van der Waals surface area contributed by atoms with Crippen LogP contribution < -0.4 is 10.1 Å². The molecular formula is C15H25NO. The zero-order chi connectivity index (χ0) is 12.8. The predicted octanol–water partition coefficient (Wildman–Crippen LogP) is 3.24. The Labute approximate surface area is 105 Å². The van der Waals surface area contributed by atoms with E-state index in [1.54, 1.807) is 0 Å². The third kappa shape index (κ3) is 4.04. The minimum atomic E-state index is 0.536. The van der Waals surface area contributed by atoms with Gasteiger partial charge in [-0.3, -0.25) is 0 Å². The molecule has 1 aromatic carbocycles. The van der Waals surface area contributed by atoms with Crippen molar-refractivity contribution in [3.8, 4) is 5.75 Å². The van der Waals surface area contributed by atoms with Crippen molar-refractivity contribution in [2.75, 3.05) is 19.7 Å². The first-order valence-corrected chi connectivity index (χ1v) is 6.46. The Morgan fingerprint density at radius 3 is 2.47 bits per heavy atom. The average Bonchev–Trinajstić information content (AvgIpc) is 2.31. The Kier molecular flexibility index (Phi) is 5.49. The maximum Gasteiger partial charge on any atom is 0.125 e. The quantitative estimate of drug-likeness (QED) is 0.817. The van der Waals surface area contributed by atoms with E-state index in [4.69, 9.17) is 4.74 Å². The van der Waals surface area contributed by atoms with Crippen LogP contribution in [0.25, 0.3) is 0 Å². The minimum absolute atomic E-state index is 0.536. The van der Waals surface area contributed by atoms with Crippen LogP contribution in [0.4, 0.5) is 0 Å². The van der Waals surface area contributed by atoms with E-state index in [0.29, 0.717) is 5.92 Å². The van der Waals surface area contributed by atoms with Gasteiger partial charge in [-0.25, -0.2) is 0 Å². The highest BCUT2D eigenvalue weighted by Crippen LogP contribution is 2.26. The number of hydrogen-bond donors (Lipinski definition) is 1. The smallest absolute Gasteiger partial charge is 0.125 e. The van der Waals surface area contributed by atoms with E-state index < -0.39 is 0 Å². The Morgan fingerprint density at radius 2 is 1.82 bits per heavy atom. The fraction of sp³-hybridized carbons (Fsp3) is 0.600. The maximum absolute atomic E-state index is 5.97. The van der Waals surface area contributed by atoms with Gasteiger partial charge in [-0.05, 0) is 44.0 Å². The number of hydrogen-bond acceptors (Lipinski definition) is 2. The van der Waals surface area contributed by atoms with E-state index >= 15 is 0 Å². The van der Waals surface area contributed by atoms with Gasteiger partial charge in [0, 0.05) is 12.5 Å². The lowest BCUT2D eigenvalue weighted by atomic mass is 10.1. The maximum atomic E-state index is 5.97. The third-order valence-electron chi connectivity index (χ3n) is 3.13. The Bertz CT molecular complexity index is 360. The van der Waals surface area contributed by atoms with Crippen molar-refractivity contribution < 1.29 is 4.74 Å². The molecule has 0 saturated carbocycles. The Balaban J connectivity index is 2.60. The lowest BCUT2D eigenvalue weighted by molar-refractivity contribution is 0.253. The van der Waals surface area contributed by atoms with E-state index in [9.17, 15) is 0 Å². The summed E-state index contributed by atoms with van der Waals surface area (Å²) in [5, 5.41) is 3.34. The normalized spacial score (nSPS) is 12.5.